The monoisotopic (exact) mass is 402 g/mol. The fourth-order valence-corrected chi connectivity index (χ4v) is 4.65. The number of aryl methyl sites for hydroxylation is 1. The summed E-state index contributed by atoms with van der Waals surface area (Å²) in [6.07, 6.45) is 3.36. The third kappa shape index (κ3) is 4.33. The number of carbonyl (C=O) groups excluding carboxylic acids is 1. The Labute approximate surface area is 164 Å². The molecule has 1 aliphatic heterocycles. The summed E-state index contributed by atoms with van der Waals surface area (Å²) in [6, 6.07) is 5.57. The lowest BCUT2D eigenvalue weighted by molar-refractivity contribution is -0.129. The van der Waals surface area contributed by atoms with Gasteiger partial charge in [-0.15, -0.1) is 10.2 Å². The molecule has 1 fully saturated rings. The zero-order valence-electron chi connectivity index (χ0n) is 14.7. The Morgan fingerprint density at radius 2 is 2.19 bits per heavy atom. The first-order valence-corrected chi connectivity index (χ1v) is 10.4. The van der Waals surface area contributed by atoms with E-state index >= 15 is 0 Å². The molecule has 0 spiro atoms. The number of rotatable bonds is 5. The van der Waals surface area contributed by atoms with Crippen LogP contribution in [0.1, 0.15) is 29.6 Å². The topological polar surface area (TPSA) is 97.9 Å². The summed E-state index contributed by atoms with van der Waals surface area (Å²) in [6.45, 7) is 3.31. The number of nitrogens with zero attached hydrogens (tertiary/aromatic N) is 6. The largest absolute Gasteiger partial charge is 0.342 e. The van der Waals surface area contributed by atoms with Gasteiger partial charge in [0.1, 0.15) is 10.7 Å². The Balaban J connectivity index is 1.30. The quantitative estimate of drug-likeness (QED) is 0.601. The lowest BCUT2D eigenvalue weighted by Crippen LogP contribution is -2.39. The number of carbonyl (C=O) groups is 1. The fourth-order valence-electron chi connectivity index (χ4n) is 2.93. The Morgan fingerprint density at radius 3 is 2.89 bits per heavy atom. The molecule has 0 unspecified atom stereocenters. The molecule has 140 valence electrons. The molecular weight excluding hydrogens is 384 g/mol. The molecule has 1 aliphatic rings. The SMILES string of the molecule is Cc1nnc(SCC(=O)N2CCC(c3noc(-c4ccccn4)n3)CC2)s1. The molecular formula is C17H18N6O2S2. The first kappa shape index (κ1) is 18.1. The van der Waals surface area contributed by atoms with Crippen molar-refractivity contribution in [1.29, 1.82) is 0 Å². The summed E-state index contributed by atoms with van der Waals surface area (Å²) in [4.78, 5) is 23.0. The van der Waals surface area contributed by atoms with Gasteiger partial charge in [-0.1, -0.05) is 34.3 Å². The molecule has 10 heteroatoms. The average molecular weight is 403 g/mol. The lowest BCUT2D eigenvalue weighted by atomic mass is 9.96. The van der Waals surface area contributed by atoms with Crippen LogP contribution in [0.3, 0.4) is 0 Å². The minimum atomic E-state index is 0.133. The average Bonchev–Trinajstić information content (AvgIpc) is 3.36. The third-order valence-electron chi connectivity index (χ3n) is 4.37. The summed E-state index contributed by atoms with van der Waals surface area (Å²) in [7, 11) is 0. The van der Waals surface area contributed by atoms with Crippen LogP contribution in [0, 0.1) is 6.92 Å². The highest BCUT2D eigenvalue weighted by molar-refractivity contribution is 8.01. The number of aromatic nitrogens is 5. The number of hydrogen-bond acceptors (Lipinski definition) is 9. The van der Waals surface area contributed by atoms with Crippen LogP contribution in [0.2, 0.25) is 0 Å². The highest BCUT2D eigenvalue weighted by Gasteiger charge is 2.27. The smallest absolute Gasteiger partial charge is 0.276 e. The van der Waals surface area contributed by atoms with Gasteiger partial charge >= 0.3 is 0 Å². The van der Waals surface area contributed by atoms with Crippen molar-refractivity contribution >= 4 is 29.0 Å². The van der Waals surface area contributed by atoms with Gasteiger partial charge in [-0.3, -0.25) is 9.78 Å². The van der Waals surface area contributed by atoms with Gasteiger partial charge in [-0.05, 0) is 31.9 Å². The molecule has 0 atom stereocenters. The van der Waals surface area contributed by atoms with Crippen LogP contribution in [0.25, 0.3) is 11.6 Å². The standard InChI is InChI=1S/C17H18N6O2S2/c1-11-20-21-17(27-11)26-10-14(24)23-8-5-12(6-9-23)15-19-16(25-22-15)13-4-2-3-7-18-13/h2-4,7,12H,5-6,8-10H2,1H3. The molecule has 0 radical (unpaired) electrons. The van der Waals surface area contributed by atoms with E-state index in [4.69, 9.17) is 4.52 Å². The summed E-state index contributed by atoms with van der Waals surface area (Å²) < 4.78 is 6.19. The van der Waals surface area contributed by atoms with Gasteiger partial charge in [0.25, 0.3) is 5.89 Å². The Kier molecular flexibility index (Phi) is 5.44. The number of likely N-dealkylation sites (tertiary alicyclic amines) is 1. The minimum Gasteiger partial charge on any atom is -0.342 e. The van der Waals surface area contributed by atoms with Gasteiger partial charge in [-0.25, -0.2) is 0 Å². The first-order valence-electron chi connectivity index (χ1n) is 8.65. The van der Waals surface area contributed by atoms with Crippen molar-refractivity contribution in [3.63, 3.8) is 0 Å². The number of amides is 1. The number of piperidine rings is 1. The van der Waals surface area contributed by atoms with Crippen LogP contribution in [-0.2, 0) is 4.79 Å². The van der Waals surface area contributed by atoms with Crippen molar-refractivity contribution in [3.05, 3.63) is 35.2 Å². The second kappa shape index (κ2) is 8.13. The van der Waals surface area contributed by atoms with E-state index in [1.54, 1.807) is 6.20 Å². The zero-order valence-corrected chi connectivity index (χ0v) is 16.4. The van der Waals surface area contributed by atoms with Crippen molar-refractivity contribution in [1.82, 2.24) is 30.2 Å². The second-order valence-corrected chi connectivity index (χ2v) is 8.61. The van der Waals surface area contributed by atoms with Crippen molar-refractivity contribution in [3.8, 4) is 11.6 Å². The van der Waals surface area contributed by atoms with Crippen molar-refractivity contribution < 1.29 is 9.32 Å². The van der Waals surface area contributed by atoms with Gasteiger partial charge in [0.2, 0.25) is 5.91 Å². The maximum absolute atomic E-state index is 12.4. The maximum Gasteiger partial charge on any atom is 0.276 e. The van der Waals surface area contributed by atoms with E-state index in [2.05, 4.69) is 25.3 Å². The van der Waals surface area contributed by atoms with Crippen LogP contribution in [-0.4, -0.2) is 55.0 Å². The van der Waals surface area contributed by atoms with Crippen molar-refractivity contribution in [2.45, 2.75) is 30.0 Å². The van der Waals surface area contributed by atoms with Crippen LogP contribution in [0.15, 0.2) is 33.3 Å². The van der Waals surface area contributed by atoms with Crippen LogP contribution in [0.5, 0.6) is 0 Å². The van der Waals surface area contributed by atoms with Gasteiger partial charge in [0, 0.05) is 25.2 Å². The molecule has 8 nitrogen and oxygen atoms in total. The zero-order chi connectivity index (χ0) is 18.6. The Morgan fingerprint density at radius 1 is 1.33 bits per heavy atom. The minimum absolute atomic E-state index is 0.133. The van der Waals surface area contributed by atoms with Crippen molar-refractivity contribution in [2.24, 2.45) is 0 Å². The van der Waals surface area contributed by atoms with E-state index in [9.17, 15) is 4.79 Å². The molecule has 3 aromatic rings. The van der Waals surface area contributed by atoms with E-state index in [-0.39, 0.29) is 11.8 Å². The molecule has 0 aliphatic carbocycles. The predicted octanol–water partition coefficient (Wildman–Crippen LogP) is 2.79. The second-order valence-electron chi connectivity index (χ2n) is 6.20. The summed E-state index contributed by atoms with van der Waals surface area (Å²) in [5, 5.41) is 13.0. The molecule has 0 saturated carbocycles. The third-order valence-corrected chi connectivity index (χ3v) is 6.32. The highest BCUT2D eigenvalue weighted by atomic mass is 32.2. The summed E-state index contributed by atoms with van der Waals surface area (Å²) in [5.41, 5.74) is 0.674. The van der Waals surface area contributed by atoms with Gasteiger partial charge in [0.05, 0.1) is 5.75 Å². The highest BCUT2D eigenvalue weighted by Crippen LogP contribution is 2.28. The van der Waals surface area contributed by atoms with Gasteiger partial charge in [0.15, 0.2) is 10.2 Å². The van der Waals surface area contributed by atoms with Crippen LogP contribution >= 0.6 is 23.1 Å². The molecule has 4 heterocycles. The molecule has 0 N–H and O–H groups in total. The normalized spacial score (nSPS) is 15.2. The molecule has 4 rings (SSSR count). The van der Waals surface area contributed by atoms with E-state index < -0.39 is 0 Å². The molecule has 1 amide bonds. The summed E-state index contributed by atoms with van der Waals surface area (Å²) in [5.74, 6) is 1.86. The number of hydrogen-bond donors (Lipinski definition) is 0. The van der Waals surface area contributed by atoms with E-state index in [1.165, 1.54) is 23.1 Å². The summed E-state index contributed by atoms with van der Waals surface area (Å²) >= 11 is 2.96. The first-order chi connectivity index (χ1) is 13.2. The predicted molar refractivity (Wildman–Crippen MR) is 101 cm³/mol. The Hall–Kier alpha value is -2.33. The molecule has 0 bridgehead atoms. The van der Waals surface area contributed by atoms with Gasteiger partial charge < -0.3 is 9.42 Å². The number of thioether (sulfide) groups is 1. The maximum atomic E-state index is 12.4. The van der Waals surface area contributed by atoms with Crippen LogP contribution < -0.4 is 0 Å². The fraction of sp³-hybridized carbons (Fsp3) is 0.412. The van der Waals surface area contributed by atoms with Crippen LogP contribution in [0.4, 0.5) is 0 Å². The molecule has 3 aromatic heterocycles. The lowest BCUT2D eigenvalue weighted by Gasteiger charge is -2.30. The Bertz CT molecular complexity index is 905. The van der Waals surface area contributed by atoms with Gasteiger partial charge in [-0.2, -0.15) is 4.98 Å². The number of pyridine rings is 1. The van der Waals surface area contributed by atoms with E-state index in [0.717, 1.165) is 22.2 Å². The van der Waals surface area contributed by atoms with E-state index in [1.807, 2.05) is 30.0 Å². The van der Waals surface area contributed by atoms with Crippen molar-refractivity contribution in [2.75, 3.05) is 18.8 Å². The van der Waals surface area contributed by atoms with E-state index in [0.29, 0.717) is 36.3 Å². The molecule has 0 aromatic carbocycles. The molecule has 1 saturated heterocycles. The molecule has 27 heavy (non-hydrogen) atoms.